The number of carboxylic acid groups (broad SMARTS) is 1. The van der Waals surface area contributed by atoms with Crippen molar-refractivity contribution in [1.29, 1.82) is 0 Å². The van der Waals surface area contributed by atoms with Gasteiger partial charge >= 0.3 is 5.97 Å². The van der Waals surface area contributed by atoms with Crippen LogP contribution in [0, 0.1) is 0 Å². The molecule has 1 aromatic carbocycles. The predicted octanol–water partition coefficient (Wildman–Crippen LogP) is 3.39. The molecule has 0 aliphatic carbocycles. The number of nitrogens with one attached hydrogen (secondary N) is 1. The average molecular weight is 364 g/mol. The Hall–Kier alpha value is -2.41. The molecule has 2 rings (SSSR count). The van der Waals surface area contributed by atoms with E-state index < -0.39 is 5.97 Å². The van der Waals surface area contributed by atoms with Gasteiger partial charge in [-0.1, -0.05) is 0 Å². The van der Waals surface area contributed by atoms with Gasteiger partial charge < -0.3 is 9.84 Å². The summed E-state index contributed by atoms with van der Waals surface area (Å²) in [6.45, 7) is 2.53. The fourth-order valence-corrected chi connectivity index (χ4v) is 2.14. The number of carboxylic acids is 1. The number of hydrazone groups is 1. The van der Waals surface area contributed by atoms with Crippen molar-refractivity contribution in [2.75, 3.05) is 12.0 Å². The molecule has 2 N–H and O–H groups in total. The standard InChI is InChI=1S/C15H14BrN3O3/c1-2-22-13-5-3-10(7-12(13)16)8-18-19-14-6-4-11(9-17-14)15(20)21/h3-9H,2H2,1H3,(H,17,19)(H,20,21)/b18-8+. The second-order valence-electron chi connectivity index (χ2n) is 4.23. The lowest BCUT2D eigenvalue weighted by molar-refractivity contribution is 0.0696. The summed E-state index contributed by atoms with van der Waals surface area (Å²) in [5.74, 6) is 0.228. The third-order valence-corrected chi connectivity index (χ3v) is 3.28. The highest BCUT2D eigenvalue weighted by molar-refractivity contribution is 9.10. The smallest absolute Gasteiger partial charge is 0.337 e. The molecule has 0 atom stereocenters. The minimum absolute atomic E-state index is 0.130. The first-order valence-electron chi connectivity index (χ1n) is 6.51. The van der Waals surface area contributed by atoms with Crippen molar-refractivity contribution >= 4 is 33.9 Å². The Bertz CT molecular complexity index is 687. The molecular formula is C15H14BrN3O3. The summed E-state index contributed by atoms with van der Waals surface area (Å²) in [7, 11) is 0. The molecule has 0 bridgehead atoms. The van der Waals surface area contributed by atoms with Crippen molar-refractivity contribution < 1.29 is 14.6 Å². The van der Waals surface area contributed by atoms with Crippen molar-refractivity contribution in [3.8, 4) is 5.75 Å². The Kier molecular flexibility index (Phi) is 5.48. The maximum Gasteiger partial charge on any atom is 0.337 e. The summed E-state index contributed by atoms with van der Waals surface area (Å²) in [6, 6.07) is 8.63. The van der Waals surface area contributed by atoms with Crippen LogP contribution in [0.5, 0.6) is 5.75 Å². The Morgan fingerprint density at radius 3 is 2.86 bits per heavy atom. The molecular weight excluding hydrogens is 350 g/mol. The van der Waals surface area contributed by atoms with Crippen LogP contribution in [-0.4, -0.2) is 28.9 Å². The summed E-state index contributed by atoms with van der Waals surface area (Å²) in [5, 5.41) is 12.8. The van der Waals surface area contributed by atoms with E-state index >= 15 is 0 Å². The SMILES string of the molecule is CCOc1ccc(/C=N/Nc2ccc(C(=O)O)cn2)cc1Br. The zero-order valence-electron chi connectivity index (χ0n) is 11.8. The molecule has 22 heavy (non-hydrogen) atoms. The van der Waals surface area contributed by atoms with Crippen LogP contribution in [-0.2, 0) is 0 Å². The van der Waals surface area contributed by atoms with Crippen LogP contribution in [0.2, 0.25) is 0 Å². The molecule has 7 heteroatoms. The zero-order valence-corrected chi connectivity index (χ0v) is 13.4. The molecule has 0 fully saturated rings. The molecule has 1 aromatic heterocycles. The third kappa shape index (κ3) is 4.29. The van der Waals surface area contributed by atoms with E-state index in [4.69, 9.17) is 9.84 Å². The number of hydrogen-bond acceptors (Lipinski definition) is 5. The molecule has 0 aliphatic heterocycles. The highest BCUT2D eigenvalue weighted by Crippen LogP contribution is 2.25. The van der Waals surface area contributed by atoms with E-state index in [-0.39, 0.29) is 5.56 Å². The quantitative estimate of drug-likeness (QED) is 0.606. The van der Waals surface area contributed by atoms with E-state index in [1.165, 1.54) is 12.3 Å². The fraction of sp³-hybridized carbons (Fsp3) is 0.133. The average Bonchev–Trinajstić information content (AvgIpc) is 2.50. The number of aromatic nitrogens is 1. The van der Waals surface area contributed by atoms with E-state index in [0.29, 0.717) is 12.4 Å². The van der Waals surface area contributed by atoms with Gasteiger partial charge in [-0.25, -0.2) is 9.78 Å². The lowest BCUT2D eigenvalue weighted by Gasteiger charge is -2.05. The predicted molar refractivity (Wildman–Crippen MR) is 87.7 cm³/mol. The summed E-state index contributed by atoms with van der Waals surface area (Å²) in [4.78, 5) is 14.7. The minimum Gasteiger partial charge on any atom is -0.493 e. The number of rotatable bonds is 6. The molecule has 2 aromatic rings. The first-order valence-corrected chi connectivity index (χ1v) is 7.30. The van der Waals surface area contributed by atoms with Gasteiger partial charge in [-0.2, -0.15) is 5.10 Å². The van der Waals surface area contributed by atoms with E-state index in [0.717, 1.165) is 15.8 Å². The lowest BCUT2D eigenvalue weighted by Crippen LogP contribution is -1.99. The number of aromatic carboxylic acids is 1. The van der Waals surface area contributed by atoms with Gasteiger partial charge in [0.1, 0.15) is 11.6 Å². The minimum atomic E-state index is -1.01. The fourth-order valence-electron chi connectivity index (χ4n) is 1.63. The molecule has 0 radical (unpaired) electrons. The van der Waals surface area contributed by atoms with Crippen LogP contribution in [0.4, 0.5) is 5.82 Å². The Balaban J connectivity index is 2.00. The number of hydrogen-bond donors (Lipinski definition) is 2. The number of benzene rings is 1. The lowest BCUT2D eigenvalue weighted by atomic mass is 10.2. The van der Waals surface area contributed by atoms with Gasteiger partial charge in [-0.3, -0.25) is 5.43 Å². The number of pyridine rings is 1. The van der Waals surface area contributed by atoms with Crippen molar-refractivity contribution in [2.24, 2.45) is 5.10 Å². The summed E-state index contributed by atoms with van der Waals surface area (Å²) >= 11 is 3.43. The molecule has 1 heterocycles. The number of carbonyl (C=O) groups is 1. The van der Waals surface area contributed by atoms with Crippen molar-refractivity contribution in [3.05, 3.63) is 52.1 Å². The molecule has 0 unspecified atom stereocenters. The second-order valence-corrected chi connectivity index (χ2v) is 5.08. The van der Waals surface area contributed by atoms with Crippen LogP contribution in [0.15, 0.2) is 46.1 Å². The van der Waals surface area contributed by atoms with Crippen molar-refractivity contribution in [3.63, 3.8) is 0 Å². The first-order chi connectivity index (χ1) is 10.6. The maximum atomic E-state index is 10.7. The highest BCUT2D eigenvalue weighted by Gasteiger charge is 2.02. The third-order valence-electron chi connectivity index (χ3n) is 2.66. The first kappa shape index (κ1) is 16.0. The van der Waals surface area contributed by atoms with Gasteiger partial charge in [-0.15, -0.1) is 0 Å². The van der Waals surface area contributed by atoms with Crippen molar-refractivity contribution in [1.82, 2.24) is 4.98 Å². The van der Waals surface area contributed by atoms with Crippen LogP contribution < -0.4 is 10.2 Å². The number of nitrogens with zero attached hydrogens (tertiary/aromatic N) is 2. The molecule has 114 valence electrons. The highest BCUT2D eigenvalue weighted by atomic mass is 79.9. The Morgan fingerprint density at radius 2 is 2.27 bits per heavy atom. The number of ether oxygens (including phenoxy) is 1. The van der Waals surface area contributed by atoms with Gasteiger partial charge in [0.05, 0.1) is 22.9 Å². The molecule has 0 saturated carbocycles. The zero-order chi connectivity index (χ0) is 15.9. The van der Waals surface area contributed by atoms with Gasteiger partial charge in [0.15, 0.2) is 0 Å². The Labute approximate surface area is 136 Å². The number of anilines is 1. The van der Waals surface area contributed by atoms with Gasteiger partial charge in [0.2, 0.25) is 0 Å². The molecule has 0 spiro atoms. The van der Waals surface area contributed by atoms with Crippen LogP contribution >= 0.6 is 15.9 Å². The molecule has 0 saturated heterocycles. The van der Waals surface area contributed by atoms with Crippen LogP contribution in [0.3, 0.4) is 0 Å². The van der Waals surface area contributed by atoms with E-state index in [2.05, 4.69) is 31.4 Å². The summed E-state index contributed by atoms with van der Waals surface area (Å²) in [5.41, 5.74) is 3.75. The second kappa shape index (κ2) is 7.56. The van der Waals surface area contributed by atoms with E-state index in [9.17, 15) is 4.79 Å². The number of halogens is 1. The van der Waals surface area contributed by atoms with Crippen LogP contribution in [0.25, 0.3) is 0 Å². The van der Waals surface area contributed by atoms with Crippen LogP contribution in [0.1, 0.15) is 22.8 Å². The summed E-state index contributed by atoms with van der Waals surface area (Å²) < 4.78 is 6.28. The molecule has 6 nitrogen and oxygen atoms in total. The maximum absolute atomic E-state index is 10.7. The topological polar surface area (TPSA) is 83.8 Å². The van der Waals surface area contributed by atoms with Crippen molar-refractivity contribution in [2.45, 2.75) is 6.92 Å². The molecule has 0 aliphatic rings. The normalized spacial score (nSPS) is 10.6. The monoisotopic (exact) mass is 363 g/mol. The van der Waals surface area contributed by atoms with Gasteiger partial charge in [0.25, 0.3) is 0 Å². The van der Waals surface area contributed by atoms with E-state index in [1.54, 1.807) is 12.3 Å². The molecule has 0 amide bonds. The Morgan fingerprint density at radius 1 is 1.45 bits per heavy atom. The largest absolute Gasteiger partial charge is 0.493 e. The summed E-state index contributed by atoms with van der Waals surface area (Å²) in [6.07, 6.45) is 2.90. The van der Waals surface area contributed by atoms with Gasteiger partial charge in [0, 0.05) is 6.20 Å². The van der Waals surface area contributed by atoms with Gasteiger partial charge in [-0.05, 0) is 58.7 Å². The van der Waals surface area contributed by atoms with E-state index in [1.807, 2.05) is 25.1 Å².